The molecule has 2 aromatic heterocycles. The van der Waals surface area contributed by atoms with Gasteiger partial charge in [0.15, 0.2) is 0 Å². The smallest absolute Gasteiger partial charge is 0.0570 e. The van der Waals surface area contributed by atoms with Gasteiger partial charge in [0.25, 0.3) is 0 Å². The van der Waals surface area contributed by atoms with Crippen LogP contribution in [-0.2, 0) is 6.54 Å². The lowest BCUT2D eigenvalue weighted by Crippen LogP contribution is -2.17. The van der Waals surface area contributed by atoms with E-state index >= 15 is 0 Å². The largest absolute Gasteiger partial charge is 0.322 e. The lowest BCUT2D eigenvalue weighted by Gasteiger charge is -2.14. The molecule has 0 unspecified atom stereocenters. The Kier molecular flexibility index (Phi) is 2.95. The SMILES string of the molecule is Cc1ccc(C)n1NCc1cccc2cnccc12. The second-order valence-electron chi connectivity index (χ2n) is 4.80. The van der Waals surface area contributed by atoms with Crippen LogP contribution >= 0.6 is 0 Å². The molecule has 0 amide bonds. The summed E-state index contributed by atoms with van der Waals surface area (Å²) in [6.45, 7) is 5.01. The van der Waals surface area contributed by atoms with Gasteiger partial charge in [-0.2, -0.15) is 0 Å². The molecular weight excluding hydrogens is 234 g/mol. The Morgan fingerprint density at radius 2 is 1.84 bits per heavy atom. The lowest BCUT2D eigenvalue weighted by molar-refractivity contribution is 0.794. The van der Waals surface area contributed by atoms with E-state index in [-0.39, 0.29) is 0 Å². The number of pyridine rings is 1. The highest BCUT2D eigenvalue weighted by atomic mass is 15.4. The van der Waals surface area contributed by atoms with Gasteiger partial charge >= 0.3 is 0 Å². The van der Waals surface area contributed by atoms with E-state index in [2.05, 4.69) is 65.3 Å². The average Bonchev–Trinajstić information content (AvgIpc) is 2.76. The van der Waals surface area contributed by atoms with Gasteiger partial charge in [0.1, 0.15) is 0 Å². The normalized spacial score (nSPS) is 10.8. The maximum absolute atomic E-state index is 4.17. The zero-order chi connectivity index (χ0) is 13.2. The van der Waals surface area contributed by atoms with Gasteiger partial charge in [0.05, 0.1) is 6.54 Å². The third-order valence-corrected chi connectivity index (χ3v) is 3.47. The standard InChI is InChI=1S/C16H17N3/c1-12-6-7-13(2)19(12)18-11-15-5-3-4-14-10-17-9-8-16(14)15/h3-10,18H,11H2,1-2H3. The molecule has 0 aliphatic rings. The predicted octanol–water partition coefficient (Wildman–Crippen LogP) is 3.40. The molecule has 3 nitrogen and oxygen atoms in total. The predicted molar refractivity (Wildman–Crippen MR) is 78.7 cm³/mol. The van der Waals surface area contributed by atoms with E-state index < -0.39 is 0 Å². The molecule has 0 atom stereocenters. The van der Waals surface area contributed by atoms with Crippen molar-refractivity contribution in [3.63, 3.8) is 0 Å². The fourth-order valence-electron chi connectivity index (χ4n) is 2.43. The van der Waals surface area contributed by atoms with Gasteiger partial charge in [0.2, 0.25) is 0 Å². The van der Waals surface area contributed by atoms with Crippen LogP contribution < -0.4 is 5.43 Å². The number of hydrogen-bond donors (Lipinski definition) is 1. The maximum atomic E-state index is 4.17. The minimum absolute atomic E-state index is 0.803. The lowest BCUT2D eigenvalue weighted by atomic mass is 10.1. The van der Waals surface area contributed by atoms with E-state index in [0.29, 0.717) is 0 Å². The first-order valence-corrected chi connectivity index (χ1v) is 6.46. The van der Waals surface area contributed by atoms with Gasteiger partial charge in [-0.15, -0.1) is 0 Å². The third kappa shape index (κ3) is 2.19. The van der Waals surface area contributed by atoms with Crippen molar-refractivity contribution in [3.8, 4) is 0 Å². The Bertz CT molecular complexity index is 688. The van der Waals surface area contributed by atoms with Gasteiger partial charge in [0, 0.05) is 29.2 Å². The quantitative estimate of drug-likeness (QED) is 0.773. The summed E-state index contributed by atoms with van der Waals surface area (Å²) in [5.74, 6) is 0. The van der Waals surface area contributed by atoms with Crippen LogP contribution in [0.15, 0.2) is 48.8 Å². The summed E-state index contributed by atoms with van der Waals surface area (Å²) in [5.41, 5.74) is 7.19. The first-order valence-electron chi connectivity index (χ1n) is 6.46. The van der Waals surface area contributed by atoms with Crippen LogP contribution in [0.3, 0.4) is 0 Å². The molecule has 3 heteroatoms. The summed E-state index contributed by atoms with van der Waals surface area (Å²) in [6, 6.07) is 12.6. The van der Waals surface area contributed by atoms with Crippen molar-refractivity contribution in [2.24, 2.45) is 0 Å². The molecule has 0 saturated carbocycles. The van der Waals surface area contributed by atoms with E-state index in [1.807, 2.05) is 12.4 Å². The third-order valence-electron chi connectivity index (χ3n) is 3.47. The highest BCUT2D eigenvalue weighted by Gasteiger charge is 2.03. The Labute approximate surface area is 112 Å². The van der Waals surface area contributed by atoms with Gasteiger partial charge in [-0.3, -0.25) is 9.66 Å². The molecule has 0 fully saturated rings. The van der Waals surface area contributed by atoms with E-state index in [1.165, 1.54) is 27.7 Å². The minimum atomic E-state index is 0.803. The Hall–Kier alpha value is -2.29. The summed E-state index contributed by atoms with van der Waals surface area (Å²) >= 11 is 0. The Morgan fingerprint density at radius 3 is 2.63 bits per heavy atom. The molecule has 0 aliphatic carbocycles. The molecule has 2 heterocycles. The van der Waals surface area contributed by atoms with Crippen LogP contribution in [0, 0.1) is 13.8 Å². The molecule has 19 heavy (non-hydrogen) atoms. The Balaban J connectivity index is 1.90. The van der Waals surface area contributed by atoms with Crippen LogP contribution in [0.2, 0.25) is 0 Å². The van der Waals surface area contributed by atoms with Gasteiger partial charge in [-0.1, -0.05) is 18.2 Å². The topological polar surface area (TPSA) is 29.9 Å². The number of fused-ring (bicyclic) bond motifs is 1. The maximum Gasteiger partial charge on any atom is 0.0570 e. The van der Waals surface area contributed by atoms with Crippen molar-refractivity contribution in [1.82, 2.24) is 9.66 Å². The highest BCUT2D eigenvalue weighted by Crippen LogP contribution is 2.17. The van der Waals surface area contributed by atoms with Crippen LogP contribution in [0.4, 0.5) is 0 Å². The summed E-state index contributed by atoms with van der Waals surface area (Å²) in [6.07, 6.45) is 3.75. The second-order valence-corrected chi connectivity index (χ2v) is 4.80. The summed E-state index contributed by atoms with van der Waals surface area (Å²) in [5, 5.41) is 2.44. The molecule has 3 rings (SSSR count). The number of hydrogen-bond acceptors (Lipinski definition) is 2. The monoisotopic (exact) mass is 251 g/mol. The van der Waals surface area contributed by atoms with Crippen LogP contribution in [-0.4, -0.2) is 9.66 Å². The van der Waals surface area contributed by atoms with Crippen molar-refractivity contribution in [2.75, 3.05) is 5.43 Å². The number of aromatic nitrogens is 2. The molecule has 0 radical (unpaired) electrons. The highest BCUT2D eigenvalue weighted by molar-refractivity contribution is 5.84. The minimum Gasteiger partial charge on any atom is -0.322 e. The zero-order valence-electron chi connectivity index (χ0n) is 11.2. The van der Waals surface area contributed by atoms with Crippen LogP contribution in [0.5, 0.6) is 0 Å². The number of rotatable bonds is 3. The van der Waals surface area contributed by atoms with Crippen molar-refractivity contribution >= 4 is 10.8 Å². The summed E-state index contributed by atoms with van der Waals surface area (Å²) in [7, 11) is 0. The van der Waals surface area contributed by atoms with Gasteiger partial charge < -0.3 is 5.43 Å². The molecule has 0 bridgehead atoms. The molecular formula is C16H17N3. The average molecular weight is 251 g/mol. The number of benzene rings is 1. The fraction of sp³-hybridized carbons (Fsp3) is 0.188. The summed E-state index contributed by atoms with van der Waals surface area (Å²) < 4.78 is 2.13. The van der Waals surface area contributed by atoms with E-state index in [4.69, 9.17) is 0 Å². The van der Waals surface area contributed by atoms with Crippen LogP contribution in [0.1, 0.15) is 17.0 Å². The van der Waals surface area contributed by atoms with Crippen molar-refractivity contribution in [2.45, 2.75) is 20.4 Å². The van der Waals surface area contributed by atoms with Crippen LogP contribution in [0.25, 0.3) is 10.8 Å². The molecule has 0 aliphatic heterocycles. The fourth-order valence-corrected chi connectivity index (χ4v) is 2.43. The number of aryl methyl sites for hydroxylation is 2. The van der Waals surface area contributed by atoms with E-state index in [1.54, 1.807) is 0 Å². The van der Waals surface area contributed by atoms with Crippen molar-refractivity contribution < 1.29 is 0 Å². The molecule has 1 aromatic carbocycles. The van der Waals surface area contributed by atoms with Crippen molar-refractivity contribution in [3.05, 3.63) is 65.7 Å². The molecule has 0 saturated heterocycles. The Morgan fingerprint density at radius 1 is 1.05 bits per heavy atom. The molecule has 3 aromatic rings. The zero-order valence-corrected chi connectivity index (χ0v) is 11.2. The molecule has 0 spiro atoms. The number of nitrogens with zero attached hydrogens (tertiary/aromatic N) is 2. The molecule has 96 valence electrons. The number of nitrogens with one attached hydrogen (secondary N) is 1. The van der Waals surface area contributed by atoms with E-state index in [0.717, 1.165) is 6.54 Å². The van der Waals surface area contributed by atoms with Crippen molar-refractivity contribution in [1.29, 1.82) is 0 Å². The first-order chi connectivity index (χ1) is 9.25. The van der Waals surface area contributed by atoms with Gasteiger partial charge in [-0.25, -0.2) is 0 Å². The second kappa shape index (κ2) is 4.76. The first kappa shape index (κ1) is 11.8. The molecule has 1 N–H and O–H groups in total. The van der Waals surface area contributed by atoms with E-state index in [9.17, 15) is 0 Å². The summed E-state index contributed by atoms with van der Waals surface area (Å²) in [4.78, 5) is 4.17. The van der Waals surface area contributed by atoms with Gasteiger partial charge in [-0.05, 0) is 43.0 Å².